The van der Waals surface area contributed by atoms with Crippen molar-refractivity contribution in [3.05, 3.63) is 39.4 Å². The number of hydrogen-bond donors (Lipinski definition) is 2. The van der Waals surface area contributed by atoms with Crippen LogP contribution in [0.15, 0.2) is 23.0 Å². The fourth-order valence-electron chi connectivity index (χ4n) is 2.70. The molecule has 0 atom stereocenters. The highest BCUT2D eigenvalue weighted by molar-refractivity contribution is 6.31. The van der Waals surface area contributed by atoms with Gasteiger partial charge in [-0.1, -0.05) is 18.0 Å². The first-order chi connectivity index (χ1) is 10.2. The summed E-state index contributed by atoms with van der Waals surface area (Å²) >= 11 is 5.91. The van der Waals surface area contributed by atoms with Gasteiger partial charge in [-0.25, -0.2) is 4.98 Å². The van der Waals surface area contributed by atoms with E-state index in [0.717, 1.165) is 12.8 Å². The Morgan fingerprint density at radius 1 is 1.43 bits per heavy atom. The molecule has 1 aromatic heterocycles. The fraction of sp³-hybridized carbons (Fsp3) is 0.467. The molecular weight excluding hydrogens is 290 g/mol. The number of rotatable bonds is 5. The summed E-state index contributed by atoms with van der Waals surface area (Å²) in [5, 5.41) is 10.2. The van der Waals surface area contributed by atoms with Crippen LogP contribution in [-0.4, -0.2) is 39.2 Å². The van der Waals surface area contributed by atoms with Crippen LogP contribution in [0.1, 0.15) is 25.1 Å². The van der Waals surface area contributed by atoms with Crippen molar-refractivity contribution in [2.45, 2.75) is 31.8 Å². The molecule has 0 bridgehead atoms. The second kappa shape index (κ2) is 6.13. The maximum absolute atomic E-state index is 12.1. The first-order valence-corrected chi connectivity index (χ1v) is 7.58. The quantitative estimate of drug-likeness (QED) is 0.885. The topological polar surface area (TPSA) is 69.2 Å². The van der Waals surface area contributed by atoms with Crippen molar-refractivity contribution in [3.63, 3.8) is 0 Å². The molecule has 2 N–H and O–H groups in total. The summed E-state index contributed by atoms with van der Waals surface area (Å²) in [6.07, 6.45) is 3.52. The van der Waals surface area contributed by atoms with Crippen LogP contribution in [0.2, 0.25) is 5.02 Å². The number of H-pyrrole nitrogens is 1. The second-order valence-electron chi connectivity index (χ2n) is 5.45. The predicted molar refractivity (Wildman–Crippen MR) is 82.5 cm³/mol. The molecule has 1 aliphatic rings. The smallest absolute Gasteiger partial charge is 0.258 e. The first kappa shape index (κ1) is 14.5. The molecule has 6 heteroatoms. The molecule has 1 heterocycles. The number of aliphatic hydroxyl groups excluding tert-OH is 1. The van der Waals surface area contributed by atoms with E-state index in [0.29, 0.717) is 40.9 Å². The molecule has 21 heavy (non-hydrogen) atoms. The minimum Gasteiger partial charge on any atom is -0.395 e. The predicted octanol–water partition coefficient (Wildman–Crippen LogP) is 1.92. The molecule has 0 amide bonds. The van der Waals surface area contributed by atoms with Crippen LogP contribution in [0.3, 0.4) is 0 Å². The van der Waals surface area contributed by atoms with Crippen LogP contribution in [0, 0.1) is 0 Å². The zero-order valence-corrected chi connectivity index (χ0v) is 12.4. The Labute approximate surface area is 127 Å². The van der Waals surface area contributed by atoms with Gasteiger partial charge in [0.1, 0.15) is 5.82 Å². The number of nitrogens with zero attached hydrogens (tertiary/aromatic N) is 2. The molecule has 2 aromatic rings. The zero-order chi connectivity index (χ0) is 14.8. The minimum absolute atomic E-state index is 0.115. The number of aromatic nitrogens is 2. The number of nitrogens with one attached hydrogen (secondary N) is 1. The maximum atomic E-state index is 12.1. The third-order valence-electron chi connectivity index (χ3n) is 4.05. The summed E-state index contributed by atoms with van der Waals surface area (Å²) in [6.45, 7) is 1.27. The van der Waals surface area contributed by atoms with Crippen molar-refractivity contribution in [1.82, 2.24) is 14.9 Å². The Bertz CT molecular complexity index is 697. The normalized spacial score (nSPS) is 15.6. The molecule has 1 aliphatic carbocycles. The summed E-state index contributed by atoms with van der Waals surface area (Å²) < 4.78 is 0. The molecule has 3 rings (SSSR count). The van der Waals surface area contributed by atoms with E-state index in [1.807, 2.05) is 0 Å². The van der Waals surface area contributed by atoms with Gasteiger partial charge in [-0.05, 0) is 31.0 Å². The molecule has 0 aliphatic heterocycles. The SMILES string of the molecule is O=c1[nH]c(CN(CCO)C2CCC2)nc2ccc(Cl)cc12. The number of fused-ring (bicyclic) bond motifs is 1. The highest BCUT2D eigenvalue weighted by Crippen LogP contribution is 2.25. The Morgan fingerprint density at radius 2 is 2.24 bits per heavy atom. The lowest BCUT2D eigenvalue weighted by atomic mass is 9.91. The Hall–Kier alpha value is -1.43. The van der Waals surface area contributed by atoms with Crippen molar-refractivity contribution in [2.24, 2.45) is 0 Å². The number of benzene rings is 1. The molecule has 0 radical (unpaired) electrons. The number of aliphatic hydroxyl groups is 1. The lowest BCUT2D eigenvalue weighted by Crippen LogP contribution is -2.41. The van der Waals surface area contributed by atoms with Crippen LogP contribution >= 0.6 is 11.6 Å². The van der Waals surface area contributed by atoms with Gasteiger partial charge in [0.25, 0.3) is 5.56 Å². The lowest BCUT2D eigenvalue weighted by Gasteiger charge is -2.36. The van der Waals surface area contributed by atoms with E-state index in [1.54, 1.807) is 18.2 Å². The minimum atomic E-state index is -0.171. The van der Waals surface area contributed by atoms with Crippen molar-refractivity contribution in [3.8, 4) is 0 Å². The summed E-state index contributed by atoms with van der Waals surface area (Å²) in [7, 11) is 0. The highest BCUT2D eigenvalue weighted by atomic mass is 35.5. The van der Waals surface area contributed by atoms with E-state index in [1.165, 1.54) is 6.42 Å². The third-order valence-corrected chi connectivity index (χ3v) is 4.28. The van der Waals surface area contributed by atoms with E-state index in [-0.39, 0.29) is 12.2 Å². The van der Waals surface area contributed by atoms with E-state index in [2.05, 4.69) is 14.9 Å². The van der Waals surface area contributed by atoms with Crippen LogP contribution in [-0.2, 0) is 6.54 Å². The summed E-state index contributed by atoms with van der Waals surface area (Å²) in [4.78, 5) is 21.6. The van der Waals surface area contributed by atoms with Crippen LogP contribution in [0.5, 0.6) is 0 Å². The van der Waals surface area contributed by atoms with Gasteiger partial charge in [0, 0.05) is 17.6 Å². The highest BCUT2D eigenvalue weighted by Gasteiger charge is 2.25. The van der Waals surface area contributed by atoms with Crippen molar-refractivity contribution in [2.75, 3.05) is 13.2 Å². The van der Waals surface area contributed by atoms with Gasteiger partial charge in [-0.2, -0.15) is 0 Å². The monoisotopic (exact) mass is 307 g/mol. The average Bonchev–Trinajstić information content (AvgIpc) is 2.38. The standard InChI is InChI=1S/C15H18ClN3O2/c16-10-4-5-13-12(8-10)15(21)18-14(17-13)9-19(6-7-20)11-2-1-3-11/h4-5,8,11,20H,1-3,6-7,9H2,(H,17,18,21). The molecular formula is C15H18ClN3O2. The van der Waals surface area contributed by atoms with E-state index in [9.17, 15) is 9.90 Å². The fourth-order valence-corrected chi connectivity index (χ4v) is 2.87. The second-order valence-corrected chi connectivity index (χ2v) is 5.89. The molecule has 1 saturated carbocycles. The zero-order valence-electron chi connectivity index (χ0n) is 11.7. The van der Waals surface area contributed by atoms with E-state index < -0.39 is 0 Å². The van der Waals surface area contributed by atoms with Gasteiger partial charge >= 0.3 is 0 Å². The van der Waals surface area contributed by atoms with Crippen molar-refractivity contribution < 1.29 is 5.11 Å². The van der Waals surface area contributed by atoms with Crippen molar-refractivity contribution in [1.29, 1.82) is 0 Å². The Morgan fingerprint density at radius 3 is 2.90 bits per heavy atom. The van der Waals surface area contributed by atoms with E-state index in [4.69, 9.17) is 11.6 Å². The summed E-state index contributed by atoms with van der Waals surface area (Å²) in [6, 6.07) is 5.61. The Kier molecular flexibility index (Phi) is 4.24. The molecule has 1 fully saturated rings. The van der Waals surface area contributed by atoms with Gasteiger partial charge in [0.05, 0.1) is 24.1 Å². The number of hydrogen-bond acceptors (Lipinski definition) is 4. The molecule has 0 unspecified atom stereocenters. The van der Waals surface area contributed by atoms with E-state index >= 15 is 0 Å². The maximum Gasteiger partial charge on any atom is 0.258 e. The number of halogens is 1. The largest absolute Gasteiger partial charge is 0.395 e. The van der Waals surface area contributed by atoms with Crippen molar-refractivity contribution >= 4 is 22.5 Å². The van der Waals surface area contributed by atoms with Gasteiger partial charge in [0.2, 0.25) is 0 Å². The molecule has 5 nitrogen and oxygen atoms in total. The van der Waals surface area contributed by atoms with Crippen LogP contribution < -0.4 is 5.56 Å². The molecule has 112 valence electrons. The summed E-state index contributed by atoms with van der Waals surface area (Å²) in [5.41, 5.74) is 0.478. The van der Waals surface area contributed by atoms with Gasteiger partial charge in [0.15, 0.2) is 0 Å². The summed E-state index contributed by atoms with van der Waals surface area (Å²) in [5.74, 6) is 0.634. The molecule has 0 saturated heterocycles. The Balaban J connectivity index is 1.89. The molecule has 0 spiro atoms. The average molecular weight is 308 g/mol. The molecule has 1 aromatic carbocycles. The number of aromatic amines is 1. The van der Waals surface area contributed by atoms with Crippen LogP contribution in [0.25, 0.3) is 10.9 Å². The first-order valence-electron chi connectivity index (χ1n) is 7.21. The van der Waals surface area contributed by atoms with Crippen LogP contribution in [0.4, 0.5) is 0 Å². The van der Waals surface area contributed by atoms with Gasteiger partial charge < -0.3 is 10.1 Å². The van der Waals surface area contributed by atoms with Gasteiger partial charge in [-0.15, -0.1) is 0 Å². The van der Waals surface area contributed by atoms with Gasteiger partial charge in [-0.3, -0.25) is 9.69 Å². The lowest BCUT2D eigenvalue weighted by molar-refractivity contribution is 0.0921. The third kappa shape index (κ3) is 3.10.